The van der Waals surface area contributed by atoms with Gasteiger partial charge in [-0.05, 0) is 65.2 Å². The summed E-state index contributed by atoms with van der Waals surface area (Å²) in [7, 11) is -3.65. The summed E-state index contributed by atoms with van der Waals surface area (Å²) in [4.78, 5) is 0.266. The van der Waals surface area contributed by atoms with E-state index in [4.69, 9.17) is 5.73 Å². The van der Waals surface area contributed by atoms with Gasteiger partial charge in [-0.25, -0.2) is 8.42 Å². The lowest BCUT2D eigenvalue weighted by molar-refractivity contribution is 0.600. The molecule has 6 heteroatoms. The third kappa shape index (κ3) is 2.96. The minimum absolute atomic E-state index is 0.266. The number of nitrogens with one attached hydrogen (secondary N) is 1. The van der Waals surface area contributed by atoms with Crippen molar-refractivity contribution < 1.29 is 8.42 Å². The molecule has 0 spiro atoms. The number of hydrogen-bond donors (Lipinski definition) is 2. The smallest absolute Gasteiger partial charge is 0.262 e. The Morgan fingerprint density at radius 2 is 1.65 bits per heavy atom. The van der Waals surface area contributed by atoms with Gasteiger partial charge in [-0.1, -0.05) is 12.1 Å². The summed E-state index contributed by atoms with van der Waals surface area (Å²) in [5.74, 6) is 0. The molecule has 0 amide bonds. The second kappa shape index (κ2) is 5.46. The number of sulfonamides is 1. The Morgan fingerprint density at radius 3 is 2.20 bits per heavy atom. The van der Waals surface area contributed by atoms with Crippen LogP contribution in [-0.4, -0.2) is 8.42 Å². The zero-order valence-electron chi connectivity index (χ0n) is 11.1. The quantitative estimate of drug-likeness (QED) is 0.829. The molecule has 0 aromatic heterocycles. The lowest BCUT2D eigenvalue weighted by atomic mass is 10.1. The second-order valence-electron chi connectivity index (χ2n) is 4.57. The van der Waals surface area contributed by atoms with Gasteiger partial charge in [-0.3, -0.25) is 4.72 Å². The topological polar surface area (TPSA) is 72.2 Å². The molecule has 0 aliphatic carbocycles. The molecule has 0 fully saturated rings. The van der Waals surface area contributed by atoms with Crippen LogP contribution < -0.4 is 10.5 Å². The lowest BCUT2D eigenvalue weighted by Gasteiger charge is -2.14. The van der Waals surface area contributed by atoms with Gasteiger partial charge in [0.2, 0.25) is 0 Å². The number of anilines is 2. The SMILES string of the molecule is Cc1cc(N)cc(C)c1S(=O)(=O)Nc1ccccc1Br. The predicted molar refractivity (Wildman–Crippen MR) is 85.3 cm³/mol. The van der Waals surface area contributed by atoms with E-state index >= 15 is 0 Å². The Morgan fingerprint density at radius 1 is 1.10 bits per heavy atom. The van der Waals surface area contributed by atoms with Crippen LogP contribution in [0.25, 0.3) is 0 Å². The minimum Gasteiger partial charge on any atom is -0.399 e. The van der Waals surface area contributed by atoms with E-state index in [2.05, 4.69) is 20.7 Å². The molecule has 0 heterocycles. The Labute approximate surface area is 127 Å². The fraction of sp³-hybridized carbons (Fsp3) is 0.143. The van der Waals surface area contributed by atoms with Crippen LogP contribution in [0.2, 0.25) is 0 Å². The Hall–Kier alpha value is -1.53. The first-order valence-electron chi connectivity index (χ1n) is 5.95. The van der Waals surface area contributed by atoms with E-state index in [0.29, 0.717) is 27.0 Å². The number of halogens is 1. The summed E-state index contributed by atoms with van der Waals surface area (Å²) in [6.07, 6.45) is 0. The van der Waals surface area contributed by atoms with Gasteiger partial charge in [0.25, 0.3) is 10.0 Å². The average Bonchev–Trinajstić information content (AvgIpc) is 2.30. The molecule has 2 aromatic rings. The van der Waals surface area contributed by atoms with Crippen molar-refractivity contribution in [2.45, 2.75) is 18.7 Å². The molecule has 0 bridgehead atoms. The van der Waals surface area contributed by atoms with Crippen LogP contribution >= 0.6 is 15.9 Å². The highest BCUT2D eigenvalue weighted by Gasteiger charge is 2.20. The zero-order chi connectivity index (χ0) is 14.9. The average molecular weight is 355 g/mol. The van der Waals surface area contributed by atoms with Gasteiger partial charge in [0, 0.05) is 10.2 Å². The summed E-state index contributed by atoms with van der Waals surface area (Å²) in [5.41, 5.74) is 8.04. The number of hydrogen-bond acceptors (Lipinski definition) is 3. The van der Waals surface area contributed by atoms with Crippen molar-refractivity contribution in [3.8, 4) is 0 Å². The van der Waals surface area contributed by atoms with Gasteiger partial charge in [-0.15, -0.1) is 0 Å². The largest absolute Gasteiger partial charge is 0.399 e. The van der Waals surface area contributed by atoms with Crippen molar-refractivity contribution in [2.75, 3.05) is 10.5 Å². The Bertz CT molecular complexity index is 735. The molecule has 2 aromatic carbocycles. The maximum atomic E-state index is 12.5. The van der Waals surface area contributed by atoms with Crippen molar-refractivity contribution in [3.05, 3.63) is 52.0 Å². The van der Waals surface area contributed by atoms with E-state index in [1.165, 1.54) is 0 Å². The fourth-order valence-corrected chi connectivity index (χ4v) is 4.20. The second-order valence-corrected chi connectivity index (χ2v) is 7.04. The van der Waals surface area contributed by atoms with Gasteiger partial charge in [0.15, 0.2) is 0 Å². The first kappa shape index (κ1) is 14.9. The molecule has 0 saturated carbocycles. The van der Waals surface area contributed by atoms with Crippen LogP contribution in [0.5, 0.6) is 0 Å². The molecular formula is C14H15BrN2O2S. The van der Waals surface area contributed by atoms with Crippen molar-refractivity contribution in [3.63, 3.8) is 0 Å². The van der Waals surface area contributed by atoms with E-state index in [9.17, 15) is 8.42 Å². The first-order chi connectivity index (χ1) is 9.31. The highest BCUT2D eigenvalue weighted by Crippen LogP contribution is 2.28. The molecular weight excluding hydrogens is 340 g/mol. The van der Waals surface area contributed by atoms with Gasteiger partial charge in [-0.2, -0.15) is 0 Å². The molecule has 0 unspecified atom stereocenters. The molecule has 4 nitrogen and oxygen atoms in total. The molecule has 0 aliphatic heterocycles. The number of nitrogen functional groups attached to an aromatic ring is 1. The Kier molecular flexibility index (Phi) is 4.06. The number of benzene rings is 2. The Balaban J connectivity index is 2.50. The summed E-state index contributed by atoms with van der Waals surface area (Å²) in [6, 6.07) is 10.4. The molecule has 0 saturated heterocycles. The molecule has 20 heavy (non-hydrogen) atoms. The third-order valence-electron chi connectivity index (χ3n) is 2.87. The van der Waals surface area contributed by atoms with E-state index in [0.717, 1.165) is 0 Å². The van der Waals surface area contributed by atoms with Crippen molar-refractivity contribution in [1.82, 2.24) is 0 Å². The molecule has 0 radical (unpaired) electrons. The minimum atomic E-state index is -3.65. The lowest BCUT2D eigenvalue weighted by Crippen LogP contribution is -2.16. The van der Waals surface area contributed by atoms with Crippen molar-refractivity contribution in [2.24, 2.45) is 0 Å². The van der Waals surface area contributed by atoms with Gasteiger partial charge >= 0.3 is 0 Å². The highest BCUT2D eigenvalue weighted by molar-refractivity contribution is 9.10. The maximum Gasteiger partial charge on any atom is 0.262 e. The van der Waals surface area contributed by atoms with Crippen LogP contribution in [0.3, 0.4) is 0 Å². The van der Waals surface area contributed by atoms with Crippen LogP contribution in [0.15, 0.2) is 45.8 Å². The summed E-state index contributed by atoms with van der Waals surface area (Å²) >= 11 is 3.32. The van der Waals surface area contributed by atoms with E-state index in [-0.39, 0.29) is 4.90 Å². The zero-order valence-corrected chi connectivity index (χ0v) is 13.5. The first-order valence-corrected chi connectivity index (χ1v) is 8.23. The van der Waals surface area contributed by atoms with Crippen LogP contribution in [-0.2, 0) is 10.0 Å². The van der Waals surface area contributed by atoms with Crippen LogP contribution in [0, 0.1) is 13.8 Å². The third-order valence-corrected chi connectivity index (χ3v) is 5.23. The number of aryl methyl sites for hydroxylation is 2. The van der Waals surface area contributed by atoms with Crippen molar-refractivity contribution >= 4 is 37.3 Å². The van der Waals surface area contributed by atoms with Gasteiger partial charge in [0.05, 0.1) is 10.6 Å². The maximum absolute atomic E-state index is 12.5. The molecule has 0 aliphatic rings. The number of nitrogens with two attached hydrogens (primary N) is 1. The summed E-state index contributed by atoms with van der Waals surface area (Å²) < 4.78 is 28.3. The van der Waals surface area contributed by atoms with E-state index in [1.807, 2.05) is 6.07 Å². The standard InChI is InChI=1S/C14H15BrN2O2S/c1-9-7-11(16)8-10(2)14(9)20(18,19)17-13-6-4-3-5-12(13)15/h3-8,17H,16H2,1-2H3. The van der Waals surface area contributed by atoms with Crippen LogP contribution in [0.4, 0.5) is 11.4 Å². The highest BCUT2D eigenvalue weighted by atomic mass is 79.9. The molecule has 0 atom stereocenters. The van der Waals surface area contributed by atoms with Gasteiger partial charge in [0.1, 0.15) is 0 Å². The predicted octanol–water partition coefficient (Wildman–Crippen LogP) is 3.45. The van der Waals surface area contributed by atoms with Gasteiger partial charge < -0.3 is 5.73 Å². The summed E-state index contributed by atoms with van der Waals surface area (Å²) in [6.45, 7) is 3.47. The molecule has 2 rings (SSSR count). The normalized spacial score (nSPS) is 11.3. The van der Waals surface area contributed by atoms with E-state index < -0.39 is 10.0 Å². The molecule has 106 valence electrons. The number of para-hydroxylation sites is 1. The number of rotatable bonds is 3. The monoisotopic (exact) mass is 354 g/mol. The fourth-order valence-electron chi connectivity index (χ4n) is 2.15. The van der Waals surface area contributed by atoms with Crippen molar-refractivity contribution in [1.29, 1.82) is 0 Å². The van der Waals surface area contributed by atoms with Crippen LogP contribution in [0.1, 0.15) is 11.1 Å². The van der Waals surface area contributed by atoms with E-state index in [1.54, 1.807) is 44.2 Å². The summed E-state index contributed by atoms with van der Waals surface area (Å²) in [5, 5.41) is 0. The molecule has 3 N–H and O–H groups in total.